The second-order valence-electron chi connectivity index (χ2n) is 9.08. The minimum absolute atomic E-state index is 0.0375. The molecular formula is C22H40NO4+. The number of nitrogens with zero attached hydrogens (tertiary/aromatic N) is 1. The fraction of sp³-hybridized carbons (Fsp3) is 0.727. The molecule has 0 heterocycles. The van der Waals surface area contributed by atoms with Crippen LogP contribution in [0.1, 0.15) is 67.7 Å². The summed E-state index contributed by atoms with van der Waals surface area (Å²) in [5.74, 6) is -0.314. The minimum atomic E-state index is -0.924. The third kappa shape index (κ3) is 9.87. The molecule has 0 saturated heterocycles. The molecule has 0 spiro atoms. The zero-order chi connectivity index (χ0) is 21.5. The number of rotatable bonds is 11. The van der Waals surface area contributed by atoms with E-state index in [1.165, 1.54) is 0 Å². The Labute approximate surface area is 166 Å². The van der Waals surface area contributed by atoms with Crippen molar-refractivity contribution in [3.05, 3.63) is 23.4 Å². The summed E-state index contributed by atoms with van der Waals surface area (Å²) >= 11 is 0. The smallest absolute Gasteiger partial charge is 0.334 e. The van der Waals surface area contributed by atoms with Crippen LogP contribution in [0.15, 0.2) is 23.4 Å². The lowest BCUT2D eigenvalue weighted by molar-refractivity contribution is -0.817. The highest BCUT2D eigenvalue weighted by Crippen LogP contribution is 2.22. The Morgan fingerprint density at radius 2 is 1.63 bits per heavy atom. The summed E-state index contributed by atoms with van der Waals surface area (Å²) in [5.41, 5.74) is -0.212. The SMILES string of the molecule is C/C=C(\CCC)C(=O)OC(C)(C)CCOC(C)(C)C(=O)/C(C)=C/[N+](C)(C)C. The van der Waals surface area contributed by atoms with Crippen LogP contribution in [0, 0.1) is 0 Å². The zero-order valence-corrected chi connectivity index (χ0v) is 19.1. The van der Waals surface area contributed by atoms with Crippen LogP contribution in [0.5, 0.6) is 0 Å². The molecule has 0 saturated carbocycles. The van der Waals surface area contributed by atoms with Crippen LogP contribution in [-0.2, 0) is 19.1 Å². The van der Waals surface area contributed by atoms with E-state index in [4.69, 9.17) is 9.47 Å². The summed E-state index contributed by atoms with van der Waals surface area (Å²) in [7, 11) is 6.00. The lowest BCUT2D eigenvalue weighted by atomic mass is 9.97. The summed E-state index contributed by atoms with van der Waals surface area (Å²) in [6, 6.07) is 0. The first-order valence-corrected chi connectivity index (χ1v) is 9.73. The summed E-state index contributed by atoms with van der Waals surface area (Å²) in [6.45, 7) is 13.3. The highest BCUT2D eigenvalue weighted by molar-refractivity contribution is 6.00. The van der Waals surface area contributed by atoms with Gasteiger partial charge in [0.1, 0.15) is 17.4 Å². The molecule has 0 aliphatic rings. The Morgan fingerprint density at radius 1 is 1.07 bits per heavy atom. The first-order valence-electron chi connectivity index (χ1n) is 9.73. The van der Waals surface area contributed by atoms with Gasteiger partial charge in [0.05, 0.1) is 27.7 Å². The van der Waals surface area contributed by atoms with E-state index in [2.05, 4.69) is 0 Å². The molecule has 0 aromatic heterocycles. The average molecular weight is 383 g/mol. The lowest BCUT2D eigenvalue weighted by Gasteiger charge is -2.29. The largest absolute Gasteiger partial charge is 0.456 e. The molecular weight excluding hydrogens is 342 g/mol. The first kappa shape index (κ1) is 25.5. The van der Waals surface area contributed by atoms with Gasteiger partial charge in [-0.2, -0.15) is 0 Å². The summed E-state index contributed by atoms with van der Waals surface area (Å²) in [6.07, 6.45) is 5.83. The van der Waals surface area contributed by atoms with E-state index in [-0.39, 0.29) is 11.8 Å². The normalized spacial score (nSPS) is 14.3. The van der Waals surface area contributed by atoms with Crippen molar-refractivity contribution in [1.29, 1.82) is 0 Å². The Morgan fingerprint density at radius 3 is 2.07 bits per heavy atom. The summed E-state index contributed by atoms with van der Waals surface area (Å²) in [5, 5.41) is 0. The predicted molar refractivity (Wildman–Crippen MR) is 110 cm³/mol. The summed E-state index contributed by atoms with van der Waals surface area (Å²) < 4.78 is 12.1. The minimum Gasteiger partial charge on any atom is -0.456 e. The van der Waals surface area contributed by atoms with Gasteiger partial charge in [0.15, 0.2) is 5.78 Å². The highest BCUT2D eigenvalue weighted by atomic mass is 16.6. The number of esters is 1. The van der Waals surface area contributed by atoms with Gasteiger partial charge in [0.25, 0.3) is 0 Å². The average Bonchev–Trinajstić information content (AvgIpc) is 2.48. The molecule has 0 radical (unpaired) electrons. The predicted octanol–water partition coefficient (Wildman–Crippen LogP) is 4.42. The fourth-order valence-electron chi connectivity index (χ4n) is 2.73. The van der Waals surface area contributed by atoms with Crippen LogP contribution in [0.4, 0.5) is 0 Å². The number of carbonyl (C=O) groups excluding carboxylic acids is 2. The van der Waals surface area contributed by atoms with Crippen LogP contribution < -0.4 is 0 Å². The molecule has 0 atom stereocenters. The maximum atomic E-state index is 12.7. The third-order valence-electron chi connectivity index (χ3n) is 4.15. The van der Waals surface area contributed by atoms with E-state index in [0.29, 0.717) is 35.1 Å². The van der Waals surface area contributed by atoms with Gasteiger partial charge in [0.2, 0.25) is 0 Å². The summed E-state index contributed by atoms with van der Waals surface area (Å²) in [4.78, 5) is 25.0. The molecule has 5 nitrogen and oxygen atoms in total. The molecule has 0 bridgehead atoms. The van der Waals surface area contributed by atoms with Crippen molar-refractivity contribution in [3.63, 3.8) is 0 Å². The van der Waals surface area contributed by atoms with Gasteiger partial charge in [-0.25, -0.2) is 4.79 Å². The number of hydrogen-bond acceptors (Lipinski definition) is 4. The second-order valence-corrected chi connectivity index (χ2v) is 9.08. The quantitative estimate of drug-likeness (QED) is 0.302. The van der Waals surface area contributed by atoms with Gasteiger partial charge in [0, 0.05) is 17.6 Å². The van der Waals surface area contributed by atoms with Crippen molar-refractivity contribution in [2.24, 2.45) is 0 Å². The molecule has 0 aromatic rings. The van der Waals surface area contributed by atoms with Crippen molar-refractivity contribution in [2.45, 2.75) is 78.9 Å². The van der Waals surface area contributed by atoms with Crippen LogP contribution in [0.3, 0.4) is 0 Å². The molecule has 0 rings (SSSR count). The molecule has 5 heteroatoms. The molecule has 0 unspecified atom stereocenters. The van der Waals surface area contributed by atoms with Crippen molar-refractivity contribution in [2.75, 3.05) is 27.7 Å². The van der Waals surface area contributed by atoms with Crippen LogP contribution >= 0.6 is 0 Å². The van der Waals surface area contributed by atoms with Crippen molar-refractivity contribution in [3.8, 4) is 0 Å². The molecule has 0 aliphatic heterocycles. The number of quaternary nitrogens is 1. The van der Waals surface area contributed by atoms with Gasteiger partial charge in [-0.05, 0) is 48.0 Å². The second kappa shape index (κ2) is 10.2. The monoisotopic (exact) mass is 382 g/mol. The molecule has 0 fully saturated rings. The van der Waals surface area contributed by atoms with E-state index in [9.17, 15) is 9.59 Å². The lowest BCUT2D eigenvalue weighted by Crippen LogP contribution is -2.39. The molecule has 27 heavy (non-hydrogen) atoms. The number of ether oxygens (including phenoxy) is 2. The molecule has 0 amide bonds. The van der Waals surface area contributed by atoms with Crippen LogP contribution in [0.25, 0.3) is 0 Å². The maximum Gasteiger partial charge on any atom is 0.334 e. The van der Waals surface area contributed by atoms with E-state index < -0.39 is 11.2 Å². The van der Waals surface area contributed by atoms with Crippen molar-refractivity contribution >= 4 is 11.8 Å². The molecule has 156 valence electrons. The van der Waals surface area contributed by atoms with Crippen LogP contribution in [-0.4, -0.2) is 55.2 Å². The zero-order valence-electron chi connectivity index (χ0n) is 19.1. The van der Waals surface area contributed by atoms with E-state index >= 15 is 0 Å². The highest BCUT2D eigenvalue weighted by Gasteiger charge is 2.32. The van der Waals surface area contributed by atoms with Crippen molar-refractivity contribution < 1.29 is 23.5 Å². The van der Waals surface area contributed by atoms with E-state index in [1.807, 2.05) is 68.0 Å². The van der Waals surface area contributed by atoms with Crippen molar-refractivity contribution in [1.82, 2.24) is 0 Å². The number of Topliss-reactive ketones (excluding diaryl/α,β-unsaturated/α-hetero) is 1. The standard InChI is InChI=1S/C22H40NO4/c1-11-13-18(12-2)20(25)27-21(4,5)14-15-26-22(6,7)19(24)17(3)16-23(8,9)10/h12,16H,11,13-15H2,1-10H3/q+1/b17-16+,18-12+. The number of allylic oxidation sites excluding steroid dienone is 1. The molecule has 0 N–H and O–H groups in total. The third-order valence-corrected chi connectivity index (χ3v) is 4.15. The van der Waals surface area contributed by atoms with Gasteiger partial charge in [-0.1, -0.05) is 19.4 Å². The molecule has 0 aliphatic carbocycles. The van der Waals surface area contributed by atoms with Crippen LogP contribution in [0.2, 0.25) is 0 Å². The van der Waals surface area contributed by atoms with E-state index in [0.717, 1.165) is 6.42 Å². The van der Waals surface area contributed by atoms with Gasteiger partial charge in [-0.3, -0.25) is 4.79 Å². The van der Waals surface area contributed by atoms with Gasteiger partial charge in [-0.15, -0.1) is 0 Å². The Bertz CT molecular complexity index is 578. The fourth-order valence-corrected chi connectivity index (χ4v) is 2.73. The van der Waals surface area contributed by atoms with Gasteiger partial charge < -0.3 is 14.0 Å². The maximum absolute atomic E-state index is 12.7. The Balaban J connectivity index is 4.81. The topological polar surface area (TPSA) is 52.6 Å². The Kier molecular flexibility index (Phi) is 9.63. The molecule has 0 aromatic carbocycles. The number of ketones is 1. The first-order chi connectivity index (χ1) is 12.1. The number of carbonyl (C=O) groups is 2. The van der Waals surface area contributed by atoms with E-state index in [1.54, 1.807) is 13.8 Å². The van der Waals surface area contributed by atoms with Gasteiger partial charge >= 0.3 is 5.97 Å². The Hall–Kier alpha value is -1.46. The number of hydrogen-bond donors (Lipinski definition) is 0.